The number of nitrogens with one attached hydrogen (secondary N) is 1. The highest BCUT2D eigenvalue weighted by molar-refractivity contribution is 6.42. The molecule has 0 aliphatic heterocycles. The predicted octanol–water partition coefficient (Wildman–Crippen LogP) is 3.99. The van der Waals surface area contributed by atoms with Gasteiger partial charge in [-0.15, -0.1) is 0 Å². The van der Waals surface area contributed by atoms with Gasteiger partial charge in [0, 0.05) is 12.5 Å². The highest BCUT2D eigenvalue weighted by atomic mass is 35.5. The number of esters is 1. The molecule has 2 aromatic rings. The third-order valence-electron chi connectivity index (χ3n) is 3.03. The van der Waals surface area contributed by atoms with E-state index in [0.29, 0.717) is 10.7 Å². The van der Waals surface area contributed by atoms with Crippen molar-refractivity contribution in [2.45, 2.75) is 6.92 Å². The molecule has 0 heterocycles. The van der Waals surface area contributed by atoms with E-state index in [0.717, 1.165) is 0 Å². The Morgan fingerprint density at radius 2 is 1.75 bits per heavy atom. The molecule has 1 amide bonds. The van der Waals surface area contributed by atoms with Gasteiger partial charge < -0.3 is 10.1 Å². The number of anilines is 1. The van der Waals surface area contributed by atoms with Gasteiger partial charge in [-0.1, -0.05) is 35.3 Å². The number of halogens is 2. The van der Waals surface area contributed by atoms with Crippen LogP contribution in [0.5, 0.6) is 0 Å². The minimum Gasteiger partial charge on any atom is -0.454 e. The SMILES string of the molecule is CC(=O)Nc1ccccc1C(=O)OCC(=O)c1ccc(Cl)c(Cl)c1. The average Bonchev–Trinajstić information content (AvgIpc) is 2.54. The van der Waals surface area contributed by atoms with Gasteiger partial charge in [0.15, 0.2) is 12.4 Å². The van der Waals surface area contributed by atoms with Crippen molar-refractivity contribution in [2.75, 3.05) is 11.9 Å². The van der Waals surface area contributed by atoms with Crippen LogP contribution in [0.15, 0.2) is 42.5 Å². The molecule has 0 aliphatic carbocycles. The number of hydrogen-bond acceptors (Lipinski definition) is 4. The molecule has 0 aliphatic rings. The lowest BCUT2D eigenvalue weighted by molar-refractivity contribution is -0.114. The number of amides is 1. The quantitative estimate of drug-likeness (QED) is 0.642. The second-order valence-corrected chi connectivity index (χ2v) is 5.67. The molecule has 0 atom stereocenters. The number of Topliss-reactive ketones (excluding diaryl/α,β-unsaturated/α-hetero) is 1. The molecule has 0 fully saturated rings. The van der Waals surface area contributed by atoms with E-state index in [1.807, 2.05) is 0 Å². The summed E-state index contributed by atoms with van der Waals surface area (Å²) in [7, 11) is 0. The lowest BCUT2D eigenvalue weighted by Crippen LogP contribution is -2.16. The molecule has 0 radical (unpaired) electrons. The molecule has 2 rings (SSSR count). The van der Waals surface area contributed by atoms with Crippen LogP contribution in [-0.2, 0) is 9.53 Å². The maximum atomic E-state index is 12.1. The van der Waals surface area contributed by atoms with Crippen LogP contribution in [0.1, 0.15) is 27.6 Å². The van der Waals surface area contributed by atoms with Crippen LogP contribution in [0.25, 0.3) is 0 Å². The van der Waals surface area contributed by atoms with Crippen molar-refractivity contribution in [3.05, 3.63) is 63.6 Å². The van der Waals surface area contributed by atoms with Crippen LogP contribution in [0.3, 0.4) is 0 Å². The minimum absolute atomic E-state index is 0.162. The van der Waals surface area contributed by atoms with E-state index in [1.54, 1.807) is 18.2 Å². The van der Waals surface area contributed by atoms with Crippen molar-refractivity contribution in [2.24, 2.45) is 0 Å². The van der Waals surface area contributed by atoms with E-state index < -0.39 is 18.4 Å². The van der Waals surface area contributed by atoms with Crippen LogP contribution in [0.4, 0.5) is 5.69 Å². The molecule has 124 valence electrons. The van der Waals surface area contributed by atoms with E-state index in [2.05, 4.69) is 5.32 Å². The molecule has 7 heteroatoms. The molecule has 0 bridgehead atoms. The Hall–Kier alpha value is -2.37. The maximum Gasteiger partial charge on any atom is 0.340 e. The van der Waals surface area contributed by atoms with Crippen LogP contribution in [0.2, 0.25) is 10.0 Å². The van der Waals surface area contributed by atoms with E-state index in [-0.39, 0.29) is 22.1 Å². The van der Waals surface area contributed by atoms with Crippen LogP contribution in [0, 0.1) is 0 Å². The molecular weight excluding hydrogens is 353 g/mol. The summed E-state index contributed by atoms with van der Waals surface area (Å²) in [5.74, 6) is -1.45. The van der Waals surface area contributed by atoms with Gasteiger partial charge in [-0.2, -0.15) is 0 Å². The molecule has 0 saturated carbocycles. The summed E-state index contributed by atoms with van der Waals surface area (Å²) in [4.78, 5) is 35.3. The fourth-order valence-corrected chi connectivity index (χ4v) is 2.22. The van der Waals surface area contributed by atoms with E-state index in [1.165, 1.54) is 31.2 Å². The Bertz CT molecular complexity index is 805. The van der Waals surface area contributed by atoms with Crippen molar-refractivity contribution in [1.82, 2.24) is 0 Å². The van der Waals surface area contributed by atoms with E-state index in [4.69, 9.17) is 27.9 Å². The zero-order valence-electron chi connectivity index (χ0n) is 12.6. The monoisotopic (exact) mass is 365 g/mol. The Morgan fingerprint density at radius 1 is 1.04 bits per heavy atom. The second-order valence-electron chi connectivity index (χ2n) is 4.85. The standard InChI is InChI=1S/C17H13Cl2NO4/c1-10(21)20-15-5-3-2-4-12(15)17(23)24-9-16(22)11-6-7-13(18)14(19)8-11/h2-8H,9H2,1H3,(H,20,21). The van der Waals surface area contributed by atoms with Crippen LogP contribution < -0.4 is 5.32 Å². The summed E-state index contributed by atoms with van der Waals surface area (Å²) >= 11 is 11.6. The summed E-state index contributed by atoms with van der Waals surface area (Å²) in [5, 5.41) is 3.10. The van der Waals surface area contributed by atoms with Crippen molar-refractivity contribution >= 4 is 46.5 Å². The number of rotatable bonds is 5. The first-order valence-electron chi connectivity index (χ1n) is 6.90. The van der Waals surface area contributed by atoms with E-state index >= 15 is 0 Å². The summed E-state index contributed by atoms with van der Waals surface area (Å²) in [6, 6.07) is 10.8. The summed E-state index contributed by atoms with van der Waals surface area (Å²) in [6.45, 7) is 0.876. The molecule has 1 N–H and O–H groups in total. The van der Waals surface area contributed by atoms with Crippen molar-refractivity contribution in [3.63, 3.8) is 0 Å². The topological polar surface area (TPSA) is 72.5 Å². The summed E-state index contributed by atoms with van der Waals surface area (Å²) < 4.78 is 5.02. The van der Waals surface area contributed by atoms with Crippen LogP contribution in [-0.4, -0.2) is 24.3 Å². The predicted molar refractivity (Wildman–Crippen MR) is 91.8 cm³/mol. The molecule has 5 nitrogen and oxygen atoms in total. The zero-order valence-corrected chi connectivity index (χ0v) is 14.1. The fraction of sp³-hybridized carbons (Fsp3) is 0.118. The Morgan fingerprint density at radius 3 is 2.42 bits per heavy atom. The van der Waals surface area contributed by atoms with Crippen molar-refractivity contribution in [1.29, 1.82) is 0 Å². The van der Waals surface area contributed by atoms with Gasteiger partial charge in [0.2, 0.25) is 5.91 Å². The molecule has 0 saturated heterocycles. The third kappa shape index (κ3) is 4.57. The first-order valence-corrected chi connectivity index (χ1v) is 7.66. The van der Waals surface area contributed by atoms with Gasteiger partial charge in [-0.3, -0.25) is 9.59 Å². The Balaban J connectivity index is 2.06. The number of para-hydroxylation sites is 1. The van der Waals surface area contributed by atoms with Gasteiger partial charge in [0.1, 0.15) is 0 Å². The molecule has 0 unspecified atom stereocenters. The highest BCUT2D eigenvalue weighted by Gasteiger charge is 2.16. The number of carbonyl (C=O) groups is 3. The van der Waals surface area contributed by atoms with Crippen LogP contribution >= 0.6 is 23.2 Å². The summed E-state index contributed by atoms with van der Waals surface area (Å²) in [5.41, 5.74) is 0.763. The number of ketones is 1. The van der Waals surface area contributed by atoms with Gasteiger partial charge in [0.05, 0.1) is 21.3 Å². The molecular formula is C17H13Cl2NO4. The maximum absolute atomic E-state index is 12.1. The minimum atomic E-state index is -0.715. The number of benzene rings is 2. The van der Waals surface area contributed by atoms with Gasteiger partial charge in [0.25, 0.3) is 0 Å². The molecule has 0 aromatic heterocycles. The average molecular weight is 366 g/mol. The molecule has 0 spiro atoms. The van der Waals surface area contributed by atoms with Gasteiger partial charge >= 0.3 is 5.97 Å². The third-order valence-corrected chi connectivity index (χ3v) is 3.77. The smallest absolute Gasteiger partial charge is 0.340 e. The number of ether oxygens (including phenoxy) is 1. The van der Waals surface area contributed by atoms with Crippen molar-refractivity contribution < 1.29 is 19.1 Å². The largest absolute Gasteiger partial charge is 0.454 e. The Kier molecular flexibility index (Phi) is 5.95. The Labute approximate surface area is 148 Å². The lowest BCUT2D eigenvalue weighted by atomic mass is 10.1. The highest BCUT2D eigenvalue weighted by Crippen LogP contribution is 2.23. The second kappa shape index (κ2) is 7.95. The van der Waals surface area contributed by atoms with Gasteiger partial charge in [-0.05, 0) is 30.3 Å². The molecule has 2 aromatic carbocycles. The first-order chi connectivity index (χ1) is 11.4. The van der Waals surface area contributed by atoms with E-state index in [9.17, 15) is 14.4 Å². The van der Waals surface area contributed by atoms with Gasteiger partial charge in [-0.25, -0.2) is 4.79 Å². The zero-order chi connectivity index (χ0) is 17.7. The fourth-order valence-electron chi connectivity index (χ4n) is 1.92. The first kappa shape index (κ1) is 18.0. The molecule has 24 heavy (non-hydrogen) atoms. The number of hydrogen-bond donors (Lipinski definition) is 1. The summed E-state index contributed by atoms with van der Waals surface area (Å²) in [6.07, 6.45) is 0. The van der Waals surface area contributed by atoms with Crippen molar-refractivity contribution in [3.8, 4) is 0 Å². The normalized spacial score (nSPS) is 10.1. The lowest BCUT2D eigenvalue weighted by Gasteiger charge is -2.09. The number of carbonyl (C=O) groups excluding carboxylic acids is 3.